The van der Waals surface area contributed by atoms with Gasteiger partial charge in [-0.15, -0.1) is 0 Å². The number of esters is 1. The zero-order chi connectivity index (χ0) is 16.4. The van der Waals surface area contributed by atoms with E-state index in [1.807, 2.05) is 25.3 Å². The fraction of sp³-hybridized carbons (Fsp3) is 0.167. The van der Waals surface area contributed by atoms with Crippen molar-refractivity contribution in [3.8, 4) is 11.5 Å². The number of fused-ring (bicyclic) bond motifs is 1. The van der Waals surface area contributed by atoms with Gasteiger partial charge in [0.05, 0.1) is 6.61 Å². The normalized spacial score (nSPS) is 10.7. The van der Waals surface area contributed by atoms with Crippen LogP contribution in [0.5, 0.6) is 11.5 Å². The number of H-pyrrole nitrogens is 1. The van der Waals surface area contributed by atoms with Crippen molar-refractivity contribution in [3.05, 3.63) is 59.5 Å². The molecule has 1 N–H and O–H groups in total. The van der Waals surface area contributed by atoms with E-state index in [2.05, 4.69) is 4.98 Å². The van der Waals surface area contributed by atoms with Gasteiger partial charge in [0.1, 0.15) is 22.9 Å². The van der Waals surface area contributed by atoms with Gasteiger partial charge in [0.2, 0.25) is 0 Å². The summed E-state index contributed by atoms with van der Waals surface area (Å²) in [6.07, 6.45) is 1.87. The third kappa shape index (κ3) is 2.90. The Balaban J connectivity index is 2.06. The molecule has 0 unspecified atom stereocenters. The van der Waals surface area contributed by atoms with Crippen LogP contribution in [-0.2, 0) is 4.74 Å². The largest absolute Gasteiger partial charge is 0.462 e. The second-order valence-electron chi connectivity index (χ2n) is 5.11. The van der Waals surface area contributed by atoms with Crippen LogP contribution in [0.1, 0.15) is 22.8 Å². The van der Waals surface area contributed by atoms with E-state index in [0.29, 0.717) is 5.75 Å². The average molecular weight is 313 g/mol. The van der Waals surface area contributed by atoms with Gasteiger partial charge in [-0.1, -0.05) is 6.07 Å². The standard InChI is InChI=1S/C18H16FNO3/c1-3-22-18(21)13-8-7-12(19)9-16(13)23-15-6-4-5-14-17(15)11(2)10-20-14/h4-10,20H,3H2,1-2H3. The molecule has 0 radical (unpaired) electrons. The summed E-state index contributed by atoms with van der Waals surface area (Å²) in [7, 11) is 0. The summed E-state index contributed by atoms with van der Waals surface area (Å²) in [5, 5.41) is 0.895. The Bertz CT molecular complexity index is 870. The lowest BCUT2D eigenvalue weighted by Gasteiger charge is -2.12. The number of benzene rings is 2. The van der Waals surface area contributed by atoms with E-state index in [0.717, 1.165) is 16.5 Å². The van der Waals surface area contributed by atoms with Crippen molar-refractivity contribution in [1.82, 2.24) is 4.98 Å². The molecule has 0 aliphatic heterocycles. The molecule has 3 aromatic rings. The Morgan fingerprint density at radius 3 is 2.83 bits per heavy atom. The Labute approximate surface area is 132 Å². The van der Waals surface area contributed by atoms with Crippen molar-refractivity contribution in [2.45, 2.75) is 13.8 Å². The lowest BCUT2D eigenvalue weighted by Crippen LogP contribution is -2.06. The third-order valence-corrected chi connectivity index (χ3v) is 3.52. The molecule has 0 aliphatic carbocycles. The molecular weight excluding hydrogens is 297 g/mol. The maximum atomic E-state index is 13.6. The van der Waals surface area contributed by atoms with Crippen molar-refractivity contribution in [3.63, 3.8) is 0 Å². The van der Waals surface area contributed by atoms with Crippen LogP contribution >= 0.6 is 0 Å². The summed E-state index contributed by atoms with van der Waals surface area (Å²) < 4.78 is 24.4. The number of hydrogen-bond donors (Lipinski definition) is 1. The number of carbonyl (C=O) groups is 1. The molecular formula is C18H16FNO3. The number of rotatable bonds is 4. The minimum absolute atomic E-state index is 0.136. The second kappa shape index (κ2) is 6.12. The zero-order valence-electron chi connectivity index (χ0n) is 12.9. The highest BCUT2D eigenvalue weighted by Gasteiger charge is 2.17. The molecule has 0 saturated heterocycles. The van der Waals surface area contributed by atoms with Gasteiger partial charge >= 0.3 is 5.97 Å². The van der Waals surface area contributed by atoms with E-state index >= 15 is 0 Å². The van der Waals surface area contributed by atoms with Crippen LogP contribution in [0.3, 0.4) is 0 Å². The monoisotopic (exact) mass is 313 g/mol. The Morgan fingerprint density at radius 1 is 1.22 bits per heavy atom. The molecule has 0 aliphatic rings. The fourth-order valence-electron chi connectivity index (χ4n) is 2.48. The zero-order valence-corrected chi connectivity index (χ0v) is 12.9. The van der Waals surface area contributed by atoms with Crippen molar-refractivity contribution in [2.75, 3.05) is 6.61 Å². The lowest BCUT2D eigenvalue weighted by molar-refractivity contribution is 0.0523. The molecule has 0 saturated carbocycles. The molecule has 0 bridgehead atoms. The highest BCUT2D eigenvalue weighted by molar-refractivity contribution is 5.93. The molecule has 2 aromatic carbocycles. The topological polar surface area (TPSA) is 51.3 Å². The molecule has 1 heterocycles. The van der Waals surface area contributed by atoms with E-state index in [-0.39, 0.29) is 17.9 Å². The molecule has 0 atom stereocenters. The number of ether oxygens (including phenoxy) is 2. The van der Waals surface area contributed by atoms with E-state index in [4.69, 9.17) is 9.47 Å². The number of carbonyl (C=O) groups excluding carboxylic acids is 1. The number of aromatic nitrogens is 1. The molecule has 5 heteroatoms. The van der Waals surface area contributed by atoms with Crippen LogP contribution in [0.2, 0.25) is 0 Å². The highest BCUT2D eigenvalue weighted by atomic mass is 19.1. The summed E-state index contributed by atoms with van der Waals surface area (Å²) in [4.78, 5) is 15.2. The van der Waals surface area contributed by atoms with Crippen LogP contribution in [0.4, 0.5) is 4.39 Å². The predicted molar refractivity (Wildman–Crippen MR) is 85.5 cm³/mol. The maximum Gasteiger partial charge on any atom is 0.341 e. The predicted octanol–water partition coefficient (Wildman–Crippen LogP) is 4.58. The van der Waals surface area contributed by atoms with Gasteiger partial charge in [0.25, 0.3) is 0 Å². The van der Waals surface area contributed by atoms with Gasteiger partial charge in [0, 0.05) is 23.2 Å². The van der Waals surface area contributed by atoms with Crippen LogP contribution in [-0.4, -0.2) is 17.6 Å². The van der Waals surface area contributed by atoms with Crippen molar-refractivity contribution in [1.29, 1.82) is 0 Å². The molecule has 118 valence electrons. The smallest absolute Gasteiger partial charge is 0.341 e. The number of aryl methyl sites for hydroxylation is 1. The van der Waals surface area contributed by atoms with Gasteiger partial charge in [-0.3, -0.25) is 0 Å². The van der Waals surface area contributed by atoms with E-state index in [1.54, 1.807) is 13.0 Å². The van der Waals surface area contributed by atoms with Gasteiger partial charge in [-0.05, 0) is 43.7 Å². The third-order valence-electron chi connectivity index (χ3n) is 3.52. The van der Waals surface area contributed by atoms with Crippen molar-refractivity contribution in [2.24, 2.45) is 0 Å². The number of aromatic amines is 1. The van der Waals surface area contributed by atoms with Gasteiger partial charge < -0.3 is 14.5 Å². The molecule has 0 spiro atoms. The Hall–Kier alpha value is -2.82. The number of nitrogens with one attached hydrogen (secondary N) is 1. The lowest BCUT2D eigenvalue weighted by atomic mass is 10.1. The minimum Gasteiger partial charge on any atom is -0.462 e. The quantitative estimate of drug-likeness (QED) is 0.717. The SMILES string of the molecule is CCOC(=O)c1ccc(F)cc1Oc1cccc2[nH]cc(C)c12. The molecule has 0 fully saturated rings. The van der Waals surface area contributed by atoms with Gasteiger partial charge in [-0.2, -0.15) is 0 Å². The molecule has 0 amide bonds. The first-order valence-corrected chi connectivity index (χ1v) is 7.31. The van der Waals surface area contributed by atoms with Crippen LogP contribution < -0.4 is 4.74 Å². The summed E-state index contributed by atoms with van der Waals surface area (Å²) >= 11 is 0. The fourth-order valence-corrected chi connectivity index (χ4v) is 2.48. The Morgan fingerprint density at radius 2 is 2.04 bits per heavy atom. The summed E-state index contributed by atoms with van der Waals surface area (Å²) in [6, 6.07) is 9.30. The summed E-state index contributed by atoms with van der Waals surface area (Å²) in [5.41, 5.74) is 2.11. The van der Waals surface area contributed by atoms with Gasteiger partial charge in [0.15, 0.2) is 0 Å². The van der Waals surface area contributed by atoms with Crippen molar-refractivity contribution < 1.29 is 18.7 Å². The number of hydrogen-bond acceptors (Lipinski definition) is 3. The van der Waals surface area contributed by atoms with E-state index < -0.39 is 11.8 Å². The molecule has 23 heavy (non-hydrogen) atoms. The highest BCUT2D eigenvalue weighted by Crippen LogP contribution is 2.34. The molecule has 3 rings (SSSR count). The van der Waals surface area contributed by atoms with Crippen LogP contribution in [0.25, 0.3) is 10.9 Å². The molecule has 1 aromatic heterocycles. The second-order valence-corrected chi connectivity index (χ2v) is 5.11. The van der Waals surface area contributed by atoms with E-state index in [9.17, 15) is 9.18 Å². The first-order chi connectivity index (χ1) is 11.1. The van der Waals surface area contributed by atoms with Crippen molar-refractivity contribution >= 4 is 16.9 Å². The summed E-state index contributed by atoms with van der Waals surface area (Å²) in [5.74, 6) is -0.333. The van der Waals surface area contributed by atoms with Gasteiger partial charge in [-0.25, -0.2) is 9.18 Å². The van der Waals surface area contributed by atoms with Crippen LogP contribution in [0.15, 0.2) is 42.6 Å². The molecule has 4 nitrogen and oxygen atoms in total. The first kappa shape index (κ1) is 15.1. The first-order valence-electron chi connectivity index (χ1n) is 7.31. The van der Waals surface area contributed by atoms with E-state index in [1.165, 1.54) is 18.2 Å². The average Bonchev–Trinajstić information content (AvgIpc) is 2.90. The maximum absolute atomic E-state index is 13.6. The summed E-state index contributed by atoms with van der Waals surface area (Å²) in [6.45, 7) is 3.90. The number of halogens is 1. The Kier molecular flexibility index (Phi) is 4.02. The minimum atomic E-state index is -0.541. The van der Waals surface area contributed by atoms with Crippen LogP contribution in [0, 0.1) is 12.7 Å².